The van der Waals surface area contributed by atoms with E-state index in [4.69, 9.17) is 9.26 Å². The molecule has 1 amide bonds. The molecule has 1 aromatic carbocycles. The van der Waals surface area contributed by atoms with E-state index in [0.29, 0.717) is 17.0 Å². The van der Waals surface area contributed by atoms with Crippen LogP contribution in [0.3, 0.4) is 0 Å². The Bertz CT molecular complexity index is 1080. The maximum Gasteiger partial charge on any atom is 0.416 e. The molecule has 0 spiro atoms. The fourth-order valence-electron chi connectivity index (χ4n) is 4.16. The average molecular weight is 510 g/mol. The summed E-state index contributed by atoms with van der Waals surface area (Å²) in [5.74, 6) is -0.942. The van der Waals surface area contributed by atoms with Gasteiger partial charge in [0, 0.05) is 30.2 Å². The van der Waals surface area contributed by atoms with Gasteiger partial charge in [-0.3, -0.25) is 4.79 Å². The third kappa shape index (κ3) is 6.94. The number of alkyl halides is 3. The fourth-order valence-corrected chi connectivity index (χ4v) is 4.16. The Morgan fingerprint density at radius 2 is 1.89 bits per heavy atom. The standard InChI is InChI=1S/C25H30F3N3O5/c1-4-18(5-2)35-22-11-16(24(33)34)10-21(23(22)30-14(3)32)29-13-19-12-20(31-36-19)15-6-8-17(9-7-15)25(26,27)28/h6-9,11-12,18,21-23,29H,4-5,10,13H2,1-3H3,(H,30,32)(H,33,34)/t21-,22+,23+/m0/s1. The highest BCUT2D eigenvalue weighted by molar-refractivity contribution is 5.87. The lowest BCUT2D eigenvalue weighted by Gasteiger charge is -2.38. The first-order valence-corrected chi connectivity index (χ1v) is 11.7. The molecule has 1 heterocycles. The number of benzene rings is 1. The van der Waals surface area contributed by atoms with Gasteiger partial charge in [-0.2, -0.15) is 13.2 Å². The molecule has 1 aliphatic rings. The topological polar surface area (TPSA) is 114 Å². The normalized spacial score (nSPS) is 20.3. The van der Waals surface area contributed by atoms with Crippen molar-refractivity contribution >= 4 is 11.9 Å². The third-order valence-electron chi connectivity index (χ3n) is 6.10. The van der Waals surface area contributed by atoms with E-state index in [1.807, 2.05) is 13.8 Å². The Balaban J connectivity index is 1.76. The number of hydrogen-bond donors (Lipinski definition) is 3. The zero-order valence-corrected chi connectivity index (χ0v) is 20.3. The van der Waals surface area contributed by atoms with Crippen LogP contribution < -0.4 is 10.6 Å². The Morgan fingerprint density at radius 1 is 1.22 bits per heavy atom. The van der Waals surface area contributed by atoms with Crippen LogP contribution in [0.1, 0.15) is 51.4 Å². The van der Waals surface area contributed by atoms with Gasteiger partial charge in [-0.05, 0) is 37.5 Å². The van der Waals surface area contributed by atoms with Crippen molar-refractivity contribution < 1.29 is 37.1 Å². The van der Waals surface area contributed by atoms with Crippen LogP contribution in [0.5, 0.6) is 0 Å². The predicted octanol–water partition coefficient (Wildman–Crippen LogP) is 4.31. The third-order valence-corrected chi connectivity index (χ3v) is 6.10. The monoisotopic (exact) mass is 509 g/mol. The number of ether oxygens (including phenoxy) is 1. The van der Waals surface area contributed by atoms with Gasteiger partial charge in [0.25, 0.3) is 0 Å². The number of nitrogens with zero attached hydrogens (tertiary/aromatic N) is 1. The first-order chi connectivity index (χ1) is 17.0. The van der Waals surface area contributed by atoms with E-state index in [0.717, 1.165) is 25.0 Å². The second-order valence-corrected chi connectivity index (χ2v) is 8.71. The largest absolute Gasteiger partial charge is 0.478 e. The highest BCUT2D eigenvalue weighted by Gasteiger charge is 2.37. The molecular formula is C25H30F3N3O5. The summed E-state index contributed by atoms with van der Waals surface area (Å²) in [6.07, 6.45) is -2.01. The SMILES string of the molecule is CCC(CC)O[C@@H]1C=C(C(=O)O)C[C@H](NCc2cc(-c3ccc(C(F)(F)F)cc3)no2)[C@H]1NC(C)=O. The van der Waals surface area contributed by atoms with Gasteiger partial charge in [-0.25, -0.2) is 4.79 Å². The van der Waals surface area contributed by atoms with E-state index in [2.05, 4.69) is 15.8 Å². The number of carbonyl (C=O) groups excluding carboxylic acids is 1. The minimum atomic E-state index is -4.43. The molecule has 11 heteroatoms. The van der Waals surface area contributed by atoms with Gasteiger partial charge in [-0.15, -0.1) is 0 Å². The van der Waals surface area contributed by atoms with Crippen LogP contribution in [0.2, 0.25) is 0 Å². The summed E-state index contributed by atoms with van der Waals surface area (Å²) in [4.78, 5) is 23.7. The van der Waals surface area contributed by atoms with Crippen molar-refractivity contribution in [3.63, 3.8) is 0 Å². The smallest absolute Gasteiger partial charge is 0.416 e. The number of aromatic nitrogens is 1. The first-order valence-electron chi connectivity index (χ1n) is 11.7. The van der Waals surface area contributed by atoms with Crippen molar-refractivity contribution in [2.45, 2.75) is 77.0 Å². The number of rotatable bonds is 10. The number of halogens is 3. The summed E-state index contributed by atoms with van der Waals surface area (Å²) in [6.45, 7) is 5.48. The Kier molecular flexibility index (Phi) is 8.91. The Labute approximate surface area is 206 Å². The van der Waals surface area contributed by atoms with Crippen molar-refractivity contribution in [1.29, 1.82) is 0 Å². The fraction of sp³-hybridized carbons (Fsp3) is 0.480. The van der Waals surface area contributed by atoms with Crippen LogP contribution in [-0.2, 0) is 27.0 Å². The molecule has 3 N–H and O–H groups in total. The summed E-state index contributed by atoms with van der Waals surface area (Å²) in [7, 11) is 0. The molecular weight excluding hydrogens is 479 g/mol. The van der Waals surface area contributed by atoms with Crippen molar-refractivity contribution in [1.82, 2.24) is 15.8 Å². The molecule has 2 aromatic rings. The van der Waals surface area contributed by atoms with E-state index >= 15 is 0 Å². The minimum absolute atomic E-state index is 0.100. The lowest BCUT2D eigenvalue weighted by atomic mass is 9.87. The minimum Gasteiger partial charge on any atom is -0.478 e. The number of hydrogen-bond acceptors (Lipinski definition) is 6. The molecule has 0 bridgehead atoms. The summed E-state index contributed by atoms with van der Waals surface area (Å²) in [5, 5.41) is 19.7. The number of carbonyl (C=O) groups is 2. The van der Waals surface area contributed by atoms with E-state index in [-0.39, 0.29) is 30.5 Å². The van der Waals surface area contributed by atoms with Gasteiger partial charge in [0.2, 0.25) is 5.91 Å². The molecule has 196 valence electrons. The second-order valence-electron chi connectivity index (χ2n) is 8.71. The summed E-state index contributed by atoms with van der Waals surface area (Å²) >= 11 is 0. The van der Waals surface area contributed by atoms with Gasteiger partial charge in [0.05, 0.1) is 30.4 Å². The van der Waals surface area contributed by atoms with Crippen LogP contribution >= 0.6 is 0 Å². The van der Waals surface area contributed by atoms with E-state index in [1.165, 1.54) is 19.1 Å². The molecule has 0 fully saturated rings. The molecule has 8 nitrogen and oxygen atoms in total. The zero-order chi connectivity index (χ0) is 26.5. The number of nitrogens with one attached hydrogen (secondary N) is 2. The summed E-state index contributed by atoms with van der Waals surface area (Å²) < 4.78 is 49.9. The van der Waals surface area contributed by atoms with Crippen molar-refractivity contribution in [3.8, 4) is 11.3 Å². The van der Waals surface area contributed by atoms with E-state index in [9.17, 15) is 27.9 Å². The maximum absolute atomic E-state index is 12.8. The average Bonchev–Trinajstić information content (AvgIpc) is 3.30. The predicted molar refractivity (Wildman–Crippen MR) is 125 cm³/mol. The molecule has 3 atom stereocenters. The van der Waals surface area contributed by atoms with Gasteiger partial charge in [0.15, 0.2) is 5.76 Å². The molecule has 3 rings (SSSR count). The number of carboxylic acid groups (broad SMARTS) is 1. The lowest BCUT2D eigenvalue weighted by molar-refractivity contribution is -0.137. The number of aliphatic carboxylic acids is 1. The van der Waals surface area contributed by atoms with E-state index in [1.54, 1.807) is 12.1 Å². The highest BCUT2D eigenvalue weighted by Crippen LogP contribution is 2.31. The van der Waals surface area contributed by atoms with Crippen LogP contribution in [0.4, 0.5) is 13.2 Å². The Morgan fingerprint density at radius 3 is 2.44 bits per heavy atom. The first kappa shape index (κ1) is 27.4. The van der Waals surface area contributed by atoms with Crippen molar-refractivity contribution in [2.75, 3.05) is 0 Å². The lowest BCUT2D eigenvalue weighted by Crippen LogP contribution is -2.58. The molecule has 0 saturated carbocycles. The van der Waals surface area contributed by atoms with Gasteiger partial charge in [0.1, 0.15) is 5.69 Å². The number of carboxylic acids is 1. The molecule has 36 heavy (non-hydrogen) atoms. The number of amides is 1. The van der Waals surface area contributed by atoms with Gasteiger partial charge < -0.3 is 25.0 Å². The second kappa shape index (κ2) is 11.7. The van der Waals surface area contributed by atoms with Gasteiger partial charge in [-0.1, -0.05) is 31.1 Å². The van der Waals surface area contributed by atoms with Crippen LogP contribution in [-0.4, -0.2) is 46.4 Å². The molecule has 0 unspecified atom stereocenters. The Hall–Kier alpha value is -3.18. The quantitative estimate of drug-likeness (QED) is 0.437. The highest BCUT2D eigenvalue weighted by atomic mass is 19.4. The van der Waals surface area contributed by atoms with Gasteiger partial charge >= 0.3 is 12.1 Å². The van der Waals surface area contributed by atoms with Crippen LogP contribution in [0.25, 0.3) is 11.3 Å². The summed E-state index contributed by atoms with van der Waals surface area (Å²) in [6, 6.07) is 5.17. The van der Waals surface area contributed by atoms with Crippen molar-refractivity contribution in [2.24, 2.45) is 0 Å². The zero-order valence-electron chi connectivity index (χ0n) is 20.3. The molecule has 1 aliphatic carbocycles. The van der Waals surface area contributed by atoms with Crippen molar-refractivity contribution in [3.05, 3.63) is 53.3 Å². The van der Waals surface area contributed by atoms with Crippen LogP contribution in [0.15, 0.2) is 46.5 Å². The summed E-state index contributed by atoms with van der Waals surface area (Å²) in [5.41, 5.74) is 0.239. The van der Waals surface area contributed by atoms with E-state index < -0.39 is 35.9 Å². The van der Waals surface area contributed by atoms with Crippen LogP contribution in [0, 0.1) is 0 Å². The molecule has 0 radical (unpaired) electrons. The molecule has 0 aliphatic heterocycles. The molecule has 1 aromatic heterocycles. The molecule has 0 saturated heterocycles. The maximum atomic E-state index is 12.8.